The van der Waals surface area contributed by atoms with Crippen LogP contribution in [-0.2, 0) is 14.6 Å². The van der Waals surface area contributed by atoms with Crippen molar-refractivity contribution >= 4 is 27.1 Å². The molecule has 0 aromatic heterocycles. The van der Waals surface area contributed by atoms with Gasteiger partial charge in [-0.2, -0.15) is 0 Å². The maximum absolute atomic E-state index is 13.2. The molecule has 0 bridgehead atoms. The van der Waals surface area contributed by atoms with Crippen molar-refractivity contribution in [1.29, 1.82) is 0 Å². The second-order valence-electron chi connectivity index (χ2n) is 10.7. The molecule has 3 aromatic carbocycles. The molecule has 5 rings (SSSR count). The Morgan fingerprint density at radius 2 is 1.40 bits per heavy atom. The average Bonchev–Trinajstić information content (AvgIpc) is 2.97. The lowest BCUT2D eigenvalue weighted by molar-refractivity contribution is -0.132. The number of amides is 1. The minimum atomic E-state index is -3.70. The van der Waals surface area contributed by atoms with Crippen molar-refractivity contribution in [1.82, 2.24) is 9.80 Å². The van der Waals surface area contributed by atoms with Crippen LogP contribution in [0.25, 0.3) is 0 Å². The molecule has 9 heteroatoms. The van der Waals surface area contributed by atoms with Crippen LogP contribution in [-0.4, -0.2) is 76.0 Å². The first kappa shape index (κ1) is 28.1. The lowest BCUT2D eigenvalue weighted by atomic mass is 10.0. The molecule has 7 nitrogen and oxygen atoms in total. The number of sulfone groups is 1. The van der Waals surface area contributed by atoms with Crippen LogP contribution in [0, 0.1) is 12.7 Å². The number of nitrogens with zero attached hydrogens (tertiary/aromatic N) is 3. The Morgan fingerprint density at radius 3 is 2.00 bits per heavy atom. The Morgan fingerprint density at radius 1 is 0.825 bits per heavy atom. The van der Waals surface area contributed by atoms with Gasteiger partial charge in [-0.25, -0.2) is 12.8 Å². The van der Waals surface area contributed by atoms with E-state index in [1.165, 1.54) is 23.4 Å². The van der Waals surface area contributed by atoms with Crippen molar-refractivity contribution < 1.29 is 17.6 Å². The summed E-state index contributed by atoms with van der Waals surface area (Å²) in [6.07, 6.45) is 2.24. The van der Waals surface area contributed by atoms with Crippen molar-refractivity contribution in [2.75, 3.05) is 56.0 Å². The summed E-state index contributed by atoms with van der Waals surface area (Å²) < 4.78 is 38.8. The van der Waals surface area contributed by atoms with Gasteiger partial charge in [0.15, 0.2) is 0 Å². The zero-order chi connectivity index (χ0) is 28.1. The molecule has 2 fully saturated rings. The normalized spacial score (nSPS) is 17.1. The molecule has 1 N–H and O–H groups in total. The highest BCUT2D eigenvalue weighted by atomic mass is 32.2. The SMILES string of the molecule is Cc1ccc(N2CCN(CCC(=O)N3CCC(Nc4ccc(S(=O)(=O)c5ccc(F)cc5)cc4)CC3)CC2)cc1. The second kappa shape index (κ2) is 12.4. The summed E-state index contributed by atoms with van der Waals surface area (Å²) in [5.41, 5.74) is 3.38. The lowest BCUT2D eigenvalue weighted by Gasteiger charge is -2.37. The van der Waals surface area contributed by atoms with Gasteiger partial charge >= 0.3 is 0 Å². The summed E-state index contributed by atoms with van der Waals surface area (Å²) in [4.78, 5) is 19.9. The summed E-state index contributed by atoms with van der Waals surface area (Å²) in [7, 11) is -3.70. The van der Waals surface area contributed by atoms with Crippen molar-refractivity contribution in [3.63, 3.8) is 0 Å². The molecule has 0 saturated carbocycles. The molecular weight excluding hydrogens is 527 g/mol. The third kappa shape index (κ3) is 6.82. The number of piperazine rings is 1. The average molecular weight is 565 g/mol. The zero-order valence-corrected chi connectivity index (χ0v) is 23.7. The van der Waals surface area contributed by atoms with Gasteiger partial charge in [0.1, 0.15) is 5.82 Å². The smallest absolute Gasteiger partial charge is 0.223 e. The number of anilines is 2. The van der Waals surface area contributed by atoms with Crippen LogP contribution in [0.5, 0.6) is 0 Å². The minimum absolute atomic E-state index is 0.0659. The van der Waals surface area contributed by atoms with Gasteiger partial charge in [0.05, 0.1) is 9.79 Å². The molecule has 2 saturated heterocycles. The number of benzene rings is 3. The number of hydrogen-bond acceptors (Lipinski definition) is 6. The van der Waals surface area contributed by atoms with E-state index in [0.717, 1.165) is 63.4 Å². The maximum atomic E-state index is 13.2. The molecule has 0 radical (unpaired) electrons. The Kier molecular flexibility index (Phi) is 8.71. The number of halogens is 1. The van der Waals surface area contributed by atoms with Gasteiger partial charge in [0.25, 0.3) is 0 Å². The minimum Gasteiger partial charge on any atom is -0.382 e. The van der Waals surface area contributed by atoms with E-state index in [1.807, 2.05) is 4.90 Å². The topological polar surface area (TPSA) is 73.0 Å². The molecule has 0 aliphatic carbocycles. The van der Waals surface area contributed by atoms with E-state index in [1.54, 1.807) is 24.3 Å². The number of rotatable bonds is 8. The first-order chi connectivity index (χ1) is 19.3. The standard InChI is InChI=1S/C31H37FN4O3S/c1-24-2-8-28(9-3-24)35-22-20-34(21-23-35)17-16-31(37)36-18-14-27(15-19-36)33-26-6-12-30(13-7-26)40(38,39)29-10-4-25(32)5-11-29/h2-13,27,33H,14-23H2,1H3. The van der Waals surface area contributed by atoms with Crippen LogP contribution in [0.4, 0.5) is 15.8 Å². The third-order valence-electron chi connectivity index (χ3n) is 7.92. The highest BCUT2D eigenvalue weighted by molar-refractivity contribution is 7.91. The highest BCUT2D eigenvalue weighted by Gasteiger charge is 2.24. The first-order valence-electron chi connectivity index (χ1n) is 14.0. The fraction of sp³-hybridized carbons (Fsp3) is 0.387. The molecular formula is C31H37FN4O3S. The molecule has 1 amide bonds. The molecule has 40 heavy (non-hydrogen) atoms. The van der Waals surface area contributed by atoms with Gasteiger partial charge in [-0.1, -0.05) is 17.7 Å². The zero-order valence-electron chi connectivity index (χ0n) is 22.9. The van der Waals surface area contributed by atoms with E-state index in [4.69, 9.17) is 0 Å². The van der Waals surface area contributed by atoms with Crippen LogP contribution >= 0.6 is 0 Å². The molecule has 2 heterocycles. The number of aryl methyl sites for hydroxylation is 1. The number of likely N-dealkylation sites (tertiary alicyclic amines) is 1. The summed E-state index contributed by atoms with van der Waals surface area (Å²) in [6.45, 7) is 8.23. The van der Waals surface area contributed by atoms with Crippen LogP contribution < -0.4 is 10.2 Å². The summed E-state index contributed by atoms with van der Waals surface area (Å²) in [5.74, 6) is -0.256. The Labute approximate surface area is 236 Å². The van der Waals surface area contributed by atoms with Gasteiger partial charge in [0.2, 0.25) is 15.7 Å². The van der Waals surface area contributed by atoms with Crippen molar-refractivity contribution in [2.45, 2.75) is 42.0 Å². The molecule has 0 unspecified atom stereocenters. The van der Waals surface area contributed by atoms with Crippen LogP contribution in [0.3, 0.4) is 0 Å². The Balaban J connectivity index is 1.03. The Bertz CT molecular complexity index is 1380. The summed E-state index contributed by atoms with van der Waals surface area (Å²) in [6, 6.07) is 20.4. The number of nitrogens with one attached hydrogen (secondary N) is 1. The van der Waals surface area contributed by atoms with Gasteiger partial charge in [-0.05, 0) is 80.4 Å². The number of hydrogen-bond donors (Lipinski definition) is 1. The first-order valence-corrected chi connectivity index (χ1v) is 15.5. The van der Waals surface area contributed by atoms with Gasteiger partial charge < -0.3 is 15.1 Å². The van der Waals surface area contributed by atoms with Crippen molar-refractivity contribution in [3.05, 3.63) is 84.2 Å². The predicted molar refractivity (Wildman–Crippen MR) is 156 cm³/mol. The van der Waals surface area contributed by atoms with Crippen LogP contribution in [0.2, 0.25) is 0 Å². The quantitative estimate of drug-likeness (QED) is 0.404. The van der Waals surface area contributed by atoms with E-state index >= 15 is 0 Å². The molecule has 3 aromatic rings. The van der Waals surface area contributed by atoms with E-state index in [9.17, 15) is 17.6 Å². The Hall–Kier alpha value is -3.43. The predicted octanol–water partition coefficient (Wildman–Crippen LogP) is 4.58. The second-order valence-corrected chi connectivity index (χ2v) is 12.6. The fourth-order valence-corrected chi connectivity index (χ4v) is 6.65. The van der Waals surface area contributed by atoms with E-state index in [2.05, 4.69) is 46.3 Å². The van der Waals surface area contributed by atoms with Crippen molar-refractivity contribution in [3.8, 4) is 0 Å². The number of piperidine rings is 1. The fourth-order valence-electron chi connectivity index (χ4n) is 5.39. The van der Waals surface area contributed by atoms with E-state index in [-0.39, 0.29) is 21.7 Å². The molecule has 212 valence electrons. The molecule has 0 spiro atoms. The third-order valence-corrected chi connectivity index (χ3v) is 9.71. The summed E-state index contributed by atoms with van der Waals surface area (Å²) in [5, 5.41) is 3.48. The van der Waals surface area contributed by atoms with Crippen LogP contribution in [0.15, 0.2) is 82.6 Å². The number of carbonyl (C=O) groups excluding carboxylic acids is 1. The van der Waals surface area contributed by atoms with E-state index < -0.39 is 15.7 Å². The van der Waals surface area contributed by atoms with Crippen molar-refractivity contribution in [2.24, 2.45) is 0 Å². The molecule has 0 atom stereocenters. The van der Waals surface area contributed by atoms with Gasteiger partial charge in [-0.3, -0.25) is 9.69 Å². The van der Waals surface area contributed by atoms with Gasteiger partial charge in [-0.15, -0.1) is 0 Å². The molecule has 2 aliphatic rings. The number of carbonyl (C=O) groups is 1. The summed E-state index contributed by atoms with van der Waals surface area (Å²) >= 11 is 0. The molecule has 2 aliphatic heterocycles. The van der Waals surface area contributed by atoms with E-state index in [0.29, 0.717) is 19.5 Å². The van der Waals surface area contributed by atoms with Crippen LogP contribution in [0.1, 0.15) is 24.8 Å². The van der Waals surface area contributed by atoms with Gasteiger partial charge in [0, 0.05) is 69.7 Å². The lowest BCUT2D eigenvalue weighted by Crippen LogP contribution is -2.48. The highest BCUT2D eigenvalue weighted by Crippen LogP contribution is 2.24. The largest absolute Gasteiger partial charge is 0.382 e. The maximum Gasteiger partial charge on any atom is 0.223 e. The monoisotopic (exact) mass is 564 g/mol.